The molecule has 0 aliphatic carbocycles. The number of carbonyl (C=O) groups excluding carboxylic acids is 2. The summed E-state index contributed by atoms with van der Waals surface area (Å²) in [7, 11) is 0. The molecule has 0 radical (unpaired) electrons. The summed E-state index contributed by atoms with van der Waals surface area (Å²) in [6.45, 7) is 2.27. The van der Waals surface area contributed by atoms with Crippen molar-refractivity contribution < 1.29 is 23.8 Å². The number of ether oxygens (including phenoxy) is 3. The molecular weight excluding hydrogens is 601 g/mol. The van der Waals surface area contributed by atoms with Crippen LogP contribution in [0.2, 0.25) is 15.1 Å². The highest BCUT2D eigenvalue weighted by Gasteiger charge is 2.14. The second-order valence-corrected chi connectivity index (χ2v) is 9.92. The summed E-state index contributed by atoms with van der Waals surface area (Å²) < 4.78 is 17.1. The predicted octanol–water partition coefficient (Wildman–Crippen LogP) is 7.41. The van der Waals surface area contributed by atoms with Crippen LogP contribution in [0.15, 0.2) is 90.0 Å². The lowest BCUT2D eigenvalue weighted by Crippen LogP contribution is -2.20. The van der Waals surface area contributed by atoms with Gasteiger partial charge in [0.1, 0.15) is 6.61 Å². The van der Waals surface area contributed by atoms with E-state index in [-0.39, 0.29) is 22.4 Å². The molecule has 216 valence electrons. The van der Waals surface area contributed by atoms with Crippen molar-refractivity contribution in [1.29, 1.82) is 0 Å². The molecule has 11 heteroatoms. The van der Waals surface area contributed by atoms with Gasteiger partial charge in [-0.2, -0.15) is 5.10 Å². The number of amides is 2. The number of para-hydroxylation sites is 1. The van der Waals surface area contributed by atoms with Gasteiger partial charge in [0.15, 0.2) is 23.9 Å². The van der Waals surface area contributed by atoms with Crippen molar-refractivity contribution >= 4 is 58.5 Å². The largest absolute Gasteiger partial charge is 0.490 e. The summed E-state index contributed by atoms with van der Waals surface area (Å²) in [5, 5.41) is 7.37. The van der Waals surface area contributed by atoms with Gasteiger partial charge in [-0.05, 0) is 60.5 Å². The Hall–Kier alpha value is -4.24. The summed E-state index contributed by atoms with van der Waals surface area (Å²) in [6.07, 6.45) is 1.38. The van der Waals surface area contributed by atoms with Gasteiger partial charge in [-0.3, -0.25) is 9.59 Å². The van der Waals surface area contributed by atoms with Crippen LogP contribution in [0.5, 0.6) is 17.2 Å². The molecule has 8 nitrogen and oxygen atoms in total. The lowest BCUT2D eigenvalue weighted by molar-refractivity contribution is -0.118. The van der Waals surface area contributed by atoms with E-state index in [9.17, 15) is 9.59 Å². The van der Waals surface area contributed by atoms with Crippen LogP contribution >= 0.6 is 34.8 Å². The average molecular weight is 627 g/mol. The third-order valence-corrected chi connectivity index (χ3v) is 6.53. The topological polar surface area (TPSA) is 98.3 Å². The fourth-order valence-electron chi connectivity index (χ4n) is 3.68. The molecule has 0 heterocycles. The zero-order chi connectivity index (χ0) is 29.9. The second kappa shape index (κ2) is 15.1. The normalized spacial score (nSPS) is 10.8. The van der Waals surface area contributed by atoms with E-state index in [1.54, 1.807) is 42.5 Å². The van der Waals surface area contributed by atoms with E-state index in [0.717, 1.165) is 5.56 Å². The summed E-state index contributed by atoms with van der Waals surface area (Å²) in [5.41, 5.74) is 4.76. The molecule has 4 aromatic rings. The number of halogens is 3. The number of hydrogen-bond donors (Lipinski definition) is 2. The van der Waals surface area contributed by atoms with Crippen molar-refractivity contribution in [1.82, 2.24) is 5.43 Å². The maximum absolute atomic E-state index is 12.7. The Labute approximate surface area is 258 Å². The van der Waals surface area contributed by atoms with Crippen molar-refractivity contribution in [2.45, 2.75) is 13.5 Å². The highest BCUT2D eigenvalue weighted by molar-refractivity contribution is 6.37. The fourth-order valence-corrected chi connectivity index (χ4v) is 4.48. The van der Waals surface area contributed by atoms with E-state index >= 15 is 0 Å². The standard InChI is InChI=1S/C31H26Cl3N3O5/c1-2-40-28-16-22(12-13-27(28)41-18-20-8-4-3-5-9-20)31(39)37-35-17-21-14-24(33)30(25(34)15-21)42-19-29(38)36-26-11-7-6-10-23(26)32/h3-17H,2,18-19H2,1H3,(H,36,38)(H,37,39)/b35-17+. The Balaban J connectivity index is 1.34. The number of benzene rings is 4. The molecule has 4 aromatic carbocycles. The third kappa shape index (κ3) is 8.63. The number of hydrogen-bond acceptors (Lipinski definition) is 6. The average Bonchev–Trinajstić information content (AvgIpc) is 2.98. The number of anilines is 1. The van der Waals surface area contributed by atoms with Gasteiger partial charge in [-0.1, -0.05) is 77.3 Å². The maximum Gasteiger partial charge on any atom is 0.271 e. The van der Waals surface area contributed by atoms with Crippen LogP contribution in [0.3, 0.4) is 0 Å². The zero-order valence-corrected chi connectivity index (χ0v) is 24.7. The van der Waals surface area contributed by atoms with Gasteiger partial charge in [-0.25, -0.2) is 5.43 Å². The summed E-state index contributed by atoms with van der Waals surface area (Å²) >= 11 is 18.7. The van der Waals surface area contributed by atoms with E-state index in [0.29, 0.717) is 46.5 Å². The summed E-state index contributed by atoms with van der Waals surface area (Å²) in [4.78, 5) is 25.0. The number of carbonyl (C=O) groups is 2. The molecule has 0 aliphatic heterocycles. The smallest absolute Gasteiger partial charge is 0.271 e. The predicted molar refractivity (Wildman–Crippen MR) is 165 cm³/mol. The van der Waals surface area contributed by atoms with Crippen LogP contribution in [-0.2, 0) is 11.4 Å². The van der Waals surface area contributed by atoms with E-state index in [1.165, 1.54) is 18.3 Å². The monoisotopic (exact) mass is 625 g/mol. The molecule has 0 saturated carbocycles. The minimum atomic E-state index is -0.455. The zero-order valence-electron chi connectivity index (χ0n) is 22.4. The Morgan fingerprint density at radius 3 is 2.24 bits per heavy atom. The molecule has 4 rings (SSSR count). The molecule has 0 fully saturated rings. The van der Waals surface area contributed by atoms with Crippen LogP contribution in [0.4, 0.5) is 5.69 Å². The van der Waals surface area contributed by atoms with Gasteiger partial charge in [0.05, 0.1) is 33.6 Å². The first-order chi connectivity index (χ1) is 20.3. The van der Waals surface area contributed by atoms with E-state index in [1.807, 2.05) is 37.3 Å². The minimum Gasteiger partial charge on any atom is -0.490 e. The van der Waals surface area contributed by atoms with E-state index in [2.05, 4.69) is 15.8 Å². The first-order valence-corrected chi connectivity index (χ1v) is 13.9. The number of nitrogens with zero attached hydrogens (tertiary/aromatic N) is 1. The highest BCUT2D eigenvalue weighted by atomic mass is 35.5. The molecular formula is C31H26Cl3N3O5. The Morgan fingerprint density at radius 2 is 1.52 bits per heavy atom. The summed E-state index contributed by atoms with van der Waals surface area (Å²) in [5.74, 6) is 0.204. The quantitative estimate of drug-likeness (QED) is 0.126. The van der Waals surface area contributed by atoms with Crippen LogP contribution < -0.4 is 25.0 Å². The highest BCUT2D eigenvalue weighted by Crippen LogP contribution is 2.34. The SMILES string of the molecule is CCOc1cc(C(=O)N/N=C/c2cc(Cl)c(OCC(=O)Nc3ccccc3Cl)c(Cl)c2)ccc1OCc1ccccc1. The van der Waals surface area contributed by atoms with Gasteiger partial charge >= 0.3 is 0 Å². The molecule has 0 saturated heterocycles. The van der Waals surface area contributed by atoms with E-state index in [4.69, 9.17) is 49.0 Å². The van der Waals surface area contributed by atoms with Crippen molar-refractivity contribution in [3.8, 4) is 17.2 Å². The van der Waals surface area contributed by atoms with Crippen LogP contribution in [0, 0.1) is 0 Å². The van der Waals surface area contributed by atoms with Crippen molar-refractivity contribution in [3.05, 3.63) is 117 Å². The Bertz CT molecular complexity index is 1560. The van der Waals surface area contributed by atoms with Crippen molar-refractivity contribution in [3.63, 3.8) is 0 Å². The number of rotatable bonds is 12. The first-order valence-electron chi connectivity index (χ1n) is 12.8. The molecule has 0 spiro atoms. The van der Waals surface area contributed by atoms with E-state index < -0.39 is 11.8 Å². The molecule has 42 heavy (non-hydrogen) atoms. The lowest BCUT2D eigenvalue weighted by atomic mass is 10.2. The van der Waals surface area contributed by atoms with Gasteiger partial charge in [0.25, 0.3) is 11.8 Å². The molecule has 0 aliphatic rings. The molecule has 0 aromatic heterocycles. The van der Waals surface area contributed by atoms with Crippen molar-refractivity contribution in [2.75, 3.05) is 18.5 Å². The van der Waals surface area contributed by atoms with Gasteiger partial charge in [-0.15, -0.1) is 0 Å². The number of hydrazone groups is 1. The van der Waals surface area contributed by atoms with Crippen LogP contribution in [-0.4, -0.2) is 31.2 Å². The Kier molecular flexibility index (Phi) is 11.1. The molecule has 2 amide bonds. The van der Waals surface area contributed by atoms with Crippen molar-refractivity contribution in [2.24, 2.45) is 5.10 Å². The Morgan fingerprint density at radius 1 is 0.810 bits per heavy atom. The lowest BCUT2D eigenvalue weighted by Gasteiger charge is -2.13. The minimum absolute atomic E-state index is 0.131. The molecule has 0 unspecified atom stereocenters. The number of nitrogens with one attached hydrogen (secondary N) is 2. The van der Waals surface area contributed by atoms with Gasteiger partial charge in [0, 0.05) is 5.56 Å². The first kappa shape index (κ1) is 30.7. The second-order valence-electron chi connectivity index (χ2n) is 8.70. The van der Waals surface area contributed by atoms with Gasteiger partial charge < -0.3 is 19.5 Å². The third-order valence-electron chi connectivity index (χ3n) is 5.64. The summed E-state index contributed by atoms with van der Waals surface area (Å²) in [6, 6.07) is 24.5. The molecule has 0 atom stereocenters. The fraction of sp³-hybridized carbons (Fsp3) is 0.129. The van der Waals surface area contributed by atoms with Crippen LogP contribution in [0.1, 0.15) is 28.4 Å². The molecule has 2 N–H and O–H groups in total. The van der Waals surface area contributed by atoms with Crippen LogP contribution in [0.25, 0.3) is 0 Å². The molecule has 0 bridgehead atoms. The van der Waals surface area contributed by atoms with Gasteiger partial charge in [0.2, 0.25) is 0 Å². The maximum atomic E-state index is 12.7.